The van der Waals surface area contributed by atoms with Crippen LogP contribution in [0.15, 0.2) is 0 Å². The number of thiophene rings is 2. The lowest BCUT2D eigenvalue weighted by molar-refractivity contribution is 0.0531. The fraction of sp³-hybridized carbons (Fsp3) is 0.385. The topological polar surface area (TPSA) is 43.4 Å². The SMILES string of the molecule is CCOC(=O)c1sc2sc(C(C)=O)c(C)c2c1C. The van der Waals surface area contributed by atoms with Crippen molar-refractivity contribution in [1.29, 1.82) is 0 Å². The molecule has 0 aromatic carbocycles. The number of hydrogen-bond donors (Lipinski definition) is 0. The van der Waals surface area contributed by atoms with Gasteiger partial charge >= 0.3 is 5.97 Å². The number of Topliss-reactive ketones (excluding diaryl/α,β-unsaturated/α-hetero) is 1. The van der Waals surface area contributed by atoms with Gasteiger partial charge in [0.1, 0.15) is 4.88 Å². The lowest BCUT2D eigenvalue weighted by atomic mass is 10.1. The van der Waals surface area contributed by atoms with Gasteiger partial charge in [0.15, 0.2) is 5.78 Å². The summed E-state index contributed by atoms with van der Waals surface area (Å²) in [6, 6.07) is 0. The van der Waals surface area contributed by atoms with Crippen molar-refractivity contribution in [2.45, 2.75) is 27.7 Å². The normalized spacial score (nSPS) is 10.9. The Kier molecular flexibility index (Phi) is 3.54. The zero-order valence-corrected chi connectivity index (χ0v) is 12.4. The number of carbonyl (C=O) groups is 2. The van der Waals surface area contributed by atoms with Gasteiger partial charge in [0.05, 0.1) is 15.5 Å². The second-order valence-corrected chi connectivity index (χ2v) is 6.35. The maximum absolute atomic E-state index is 11.8. The van der Waals surface area contributed by atoms with E-state index in [1.165, 1.54) is 22.7 Å². The van der Waals surface area contributed by atoms with E-state index in [1.807, 2.05) is 13.8 Å². The largest absolute Gasteiger partial charge is 0.462 e. The Morgan fingerprint density at radius 3 is 2.17 bits per heavy atom. The second kappa shape index (κ2) is 4.82. The molecule has 0 atom stereocenters. The van der Waals surface area contributed by atoms with E-state index in [0.717, 1.165) is 25.4 Å². The summed E-state index contributed by atoms with van der Waals surface area (Å²) in [5.41, 5.74) is 1.90. The van der Waals surface area contributed by atoms with E-state index in [4.69, 9.17) is 4.74 Å². The lowest BCUT2D eigenvalue weighted by Gasteiger charge is -2.00. The summed E-state index contributed by atoms with van der Waals surface area (Å²) in [7, 11) is 0. The van der Waals surface area contributed by atoms with Gasteiger partial charge in [-0.3, -0.25) is 4.79 Å². The fourth-order valence-corrected chi connectivity index (χ4v) is 4.65. The lowest BCUT2D eigenvalue weighted by Crippen LogP contribution is -2.03. The molecule has 0 aliphatic heterocycles. The third-order valence-corrected chi connectivity index (χ3v) is 5.56. The quantitative estimate of drug-likeness (QED) is 0.632. The maximum Gasteiger partial charge on any atom is 0.348 e. The summed E-state index contributed by atoms with van der Waals surface area (Å²) in [4.78, 5) is 24.7. The van der Waals surface area contributed by atoms with Crippen LogP contribution >= 0.6 is 22.7 Å². The summed E-state index contributed by atoms with van der Waals surface area (Å²) in [6.07, 6.45) is 0. The first-order valence-corrected chi connectivity index (χ1v) is 7.31. The molecule has 0 aliphatic carbocycles. The fourth-order valence-electron chi connectivity index (χ4n) is 2.00. The number of hydrogen-bond acceptors (Lipinski definition) is 5. The van der Waals surface area contributed by atoms with E-state index in [2.05, 4.69) is 0 Å². The number of rotatable bonds is 3. The minimum absolute atomic E-state index is 0.0815. The molecule has 0 saturated heterocycles. The summed E-state index contributed by atoms with van der Waals surface area (Å²) >= 11 is 2.88. The van der Waals surface area contributed by atoms with Crippen LogP contribution in [0.2, 0.25) is 0 Å². The van der Waals surface area contributed by atoms with Crippen molar-refractivity contribution in [1.82, 2.24) is 0 Å². The van der Waals surface area contributed by atoms with Crippen molar-refractivity contribution in [3.8, 4) is 0 Å². The number of aryl methyl sites for hydroxylation is 2. The minimum Gasteiger partial charge on any atom is -0.462 e. The molecule has 0 spiro atoms. The molecule has 2 rings (SSSR count). The zero-order valence-electron chi connectivity index (χ0n) is 10.7. The zero-order chi connectivity index (χ0) is 13.4. The highest BCUT2D eigenvalue weighted by molar-refractivity contribution is 7.40. The van der Waals surface area contributed by atoms with Crippen molar-refractivity contribution in [2.24, 2.45) is 0 Å². The van der Waals surface area contributed by atoms with Crippen molar-refractivity contribution < 1.29 is 14.3 Å². The monoisotopic (exact) mass is 282 g/mol. The number of carbonyl (C=O) groups excluding carboxylic acids is 2. The van der Waals surface area contributed by atoms with Gasteiger partial charge in [-0.05, 0) is 38.8 Å². The number of ether oxygens (including phenoxy) is 1. The van der Waals surface area contributed by atoms with Crippen molar-refractivity contribution in [2.75, 3.05) is 6.61 Å². The van der Waals surface area contributed by atoms with Crippen LogP contribution in [0.5, 0.6) is 0 Å². The van der Waals surface area contributed by atoms with Crippen LogP contribution in [0.1, 0.15) is 44.3 Å². The first-order chi connectivity index (χ1) is 8.47. The molecule has 0 bridgehead atoms. The van der Waals surface area contributed by atoms with Crippen LogP contribution in [0, 0.1) is 13.8 Å². The Balaban J connectivity index is 2.60. The van der Waals surface area contributed by atoms with Crippen LogP contribution in [-0.2, 0) is 4.74 Å². The molecule has 2 heterocycles. The Bertz CT molecular complexity index is 634. The molecule has 0 radical (unpaired) electrons. The van der Waals surface area contributed by atoms with E-state index in [0.29, 0.717) is 11.5 Å². The van der Waals surface area contributed by atoms with Gasteiger partial charge in [0, 0.05) is 5.39 Å². The van der Waals surface area contributed by atoms with Gasteiger partial charge in [-0.1, -0.05) is 0 Å². The average Bonchev–Trinajstić information content (AvgIpc) is 2.78. The first kappa shape index (κ1) is 13.2. The van der Waals surface area contributed by atoms with E-state index in [9.17, 15) is 9.59 Å². The average molecular weight is 282 g/mol. The molecule has 96 valence electrons. The Morgan fingerprint density at radius 1 is 1.11 bits per heavy atom. The first-order valence-electron chi connectivity index (χ1n) is 5.67. The van der Waals surface area contributed by atoms with E-state index in [1.54, 1.807) is 13.8 Å². The third-order valence-electron chi connectivity index (χ3n) is 2.81. The van der Waals surface area contributed by atoms with E-state index in [-0.39, 0.29) is 11.8 Å². The molecule has 0 aliphatic rings. The molecular weight excluding hydrogens is 268 g/mol. The van der Waals surface area contributed by atoms with Crippen molar-refractivity contribution >= 4 is 43.8 Å². The Morgan fingerprint density at radius 2 is 1.67 bits per heavy atom. The van der Waals surface area contributed by atoms with Crippen molar-refractivity contribution in [3.63, 3.8) is 0 Å². The van der Waals surface area contributed by atoms with Crippen LogP contribution in [0.4, 0.5) is 0 Å². The molecule has 5 heteroatoms. The summed E-state index contributed by atoms with van der Waals surface area (Å²) in [6.45, 7) is 7.59. The molecule has 0 fully saturated rings. The molecule has 0 amide bonds. The summed E-state index contributed by atoms with van der Waals surface area (Å²) < 4.78 is 6.06. The predicted octanol–water partition coefficient (Wildman–Crippen LogP) is 3.96. The van der Waals surface area contributed by atoms with Gasteiger partial charge < -0.3 is 4.74 Å². The molecule has 0 N–H and O–H groups in total. The standard InChI is InChI=1S/C13H14O3S2/c1-5-16-12(15)11-7(3)9-6(2)10(8(4)14)17-13(9)18-11/h5H2,1-4H3. The Hall–Kier alpha value is -1.20. The highest BCUT2D eigenvalue weighted by Crippen LogP contribution is 2.40. The maximum atomic E-state index is 11.8. The van der Waals surface area contributed by atoms with Gasteiger partial charge in [-0.25, -0.2) is 4.79 Å². The van der Waals surface area contributed by atoms with E-state index < -0.39 is 0 Å². The van der Waals surface area contributed by atoms with Crippen LogP contribution in [-0.4, -0.2) is 18.4 Å². The Labute approximate surface area is 113 Å². The molecule has 2 aromatic rings. The van der Waals surface area contributed by atoms with Gasteiger partial charge in [-0.15, -0.1) is 22.7 Å². The van der Waals surface area contributed by atoms with Gasteiger partial charge in [0.2, 0.25) is 0 Å². The summed E-state index contributed by atoms with van der Waals surface area (Å²) in [5, 5.41) is 1.04. The number of esters is 1. The molecule has 2 aromatic heterocycles. The predicted molar refractivity (Wildman–Crippen MR) is 75.1 cm³/mol. The minimum atomic E-state index is -0.271. The highest BCUT2D eigenvalue weighted by Gasteiger charge is 2.22. The molecule has 0 unspecified atom stereocenters. The second-order valence-electron chi connectivity index (χ2n) is 4.05. The van der Waals surface area contributed by atoms with Crippen LogP contribution in [0.3, 0.4) is 0 Å². The molecule has 18 heavy (non-hydrogen) atoms. The van der Waals surface area contributed by atoms with Crippen LogP contribution in [0.25, 0.3) is 9.40 Å². The van der Waals surface area contributed by atoms with Crippen LogP contribution < -0.4 is 0 Å². The van der Waals surface area contributed by atoms with Gasteiger partial charge in [-0.2, -0.15) is 0 Å². The van der Waals surface area contributed by atoms with Gasteiger partial charge in [0.25, 0.3) is 0 Å². The van der Waals surface area contributed by atoms with E-state index >= 15 is 0 Å². The van der Waals surface area contributed by atoms with Crippen molar-refractivity contribution in [3.05, 3.63) is 20.9 Å². The number of fused-ring (bicyclic) bond motifs is 1. The molecular formula is C13H14O3S2. The highest BCUT2D eigenvalue weighted by atomic mass is 32.2. The smallest absolute Gasteiger partial charge is 0.348 e. The third kappa shape index (κ3) is 1.97. The number of ketones is 1. The molecule has 3 nitrogen and oxygen atoms in total. The molecule has 0 saturated carbocycles. The summed E-state index contributed by atoms with van der Waals surface area (Å²) in [5.74, 6) is -0.190.